The zero-order chi connectivity index (χ0) is 10.7. The van der Waals surface area contributed by atoms with Crippen LogP contribution in [0.2, 0.25) is 6.55 Å². The van der Waals surface area contributed by atoms with Gasteiger partial charge in [0, 0.05) is 0 Å². The quantitative estimate of drug-likeness (QED) is 0.453. The number of rotatable bonds is 2. The predicted octanol–water partition coefficient (Wildman–Crippen LogP) is 2.81. The monoisotopic (exact) mass is 324 g/mol. The van der Waals surface area contributed by atoms with Crippen molar-refractivity contribution in [3.63, 3.8) is 0 Å². The van der Waals surface area contributed by atoms with E-state index in [1.54, 1.807) is 0 Å². The van der Waals surface area contributed by atoms with E-state index in [2.05, 4.69) is 89.0 Å². The fraction of sp³-hybridized carbons (Fsp3) is 0.0769. The predicted molar refractivity (Wildman–Crippen MR) is 77.8 cm³/mol. The van der Waals surface area contributed by atoms with Crippen molar-refractivity contribution in [2.75, 3.05) is 0 Å². The highest BCUT2D eigenvalue weighted by Gasteiger charge is 2.27. The van der Waals surface area contributed by atoms with Crippen LogP contribution >= 0.6 is 21.8 Å². The van der Waals surface area contributed by atoms with Crippen LogP contribution in [0.3, 0.4) is 0 Å². The average Bonchev–Trinajstić information content (AvgIpc) is 2.31. The van der Waals surface area contributed by atoms with Crippen LogP contribution in [-0.2, 0) is 0 Å². The van der Waals surface area contributed by atoms with Gasteiger partial charge in [0.25, 0.3) is 0 Å². The van der Waals surface area contributed by atoms with Crippen molar-refractivity contribution < 1.29 is 0 Å². The second-order valence-electron chi connectivity index (χ2n) is 3.74. The molecule has 0 aliphatic heterocycles. The lowest BCUT2D eigenvalue weighted by Crippen LogP contribution is -2.49. The SMILES string of the molecule is C[Si](I)(c1ccccc1)c1ccccc1. The smallest absolute Gasteiger partial charge is 0.107 e. The average molecular weight is 324 g/mol. The van der Waals surface area contributed by atoms with Gasteiger partial charge in [0.05, 0.1) is 0 Å². The van der Waals surface area contributed by atoms with E-state index in [9.17, 15) is 0 Å². The van der Waals surface area contributed by atoms with Crippen LogP contribution in [0, 0.1) is 0 Å². The molecule has 2 aromatic carbocycles. The molecule has 76 valence electrons. The third-order valence-corrected chi connectivity index (χ3v) is 9.20. The first-order valence-electron chi connectivity index (χ1n) is 5.01. The molecule has 2 rings (SSSR count). The van der Waals surface area contributed by atoms with Crippen molar-refractivity contribution in [1.29, 1.82) is 0 Å². The van der Waals surface area contributed by atoms with Gasteiger partial charge in [-0.05, 0) is 10.4 Å². The van der Waals surface area contributed by atoms with Gasteiger partial charge in [-0.15, -0.1) is 21.8 Å². The highest BCUT2D eigenvalue weighted by molar-refractivity contribution is 14.1. The molecule has 2 heteroatoms. The minimum Gasteiger partial charge on any atom is -0.107 e. The minimum absolute atomic E-state index is 1.48. The van der Waals surface area contributed by atoms with Crippen LogP contribution in [0.5, 0.6) is 0 Å². The summed E-state index contributed by atoms with van der Waals surface area (Å²) in [4.78, 5) is 0. The zero-order valence-corrected chi connectivity index (χ0v) is 11.8. The number of hydrogen-bond donors (Lipinski definition) is 0. The Balaban J connectivity index is 2.44. The molecule has 15 heavy (non-hydrogen) atoms. The molecule has 2 aromatic rings. The van der Waals surface area contributed by atoms with Crippen molar-refractivity contribution in [3.05, 3.63) is 60.7 Å². The molecule has 0 aliphatic carbocycles. The van der Waals surface area contributed by atoms with E-state index in [4.69, 9.17) is 0 Å². The Bertz CT molecular complexity index is 381. The van der Waals surface area contributed by atoms with E-state index in [0.29, 0.717) is 0 Å². The molecule has 0 saturated heterocycles. The lowest BCUT2D eigenvalue weighted by molar-refractivity contribution is 1.72. The van der Waals surface area contributed by atoms with Crippen molar-refractivity contribution in [1.82, 2.24) is 0 Å². The van der Waals surface area contributed by atoms with Crippen molar-refractivity contribution in [2.24, 2.45) is 0 Å². The van der Waals surface area contributed by atoms with Crippen LogP contribution in [0.15, 0.2) is 60.7 Å². The third-order valence-electron chi connectivity index (χ3n) is 2.63. The van der Waals surface area contributed by atoms with Crippen molar-refractivity contribution in [2.45, 2.75) is 6.55 Å². The Morgan fingerprint density at radius 3 is 1.40 bits per heavy atom. The van der Waals surface area contributed by atoms with Crippen LogP contribution in [0.1, 0.15) is 0 Å². The van der Waals surface area contributed by atoms with Crippen LogP contribution in [-0.4, -0.2) is 5.57 Å². The van der Waals surface area contributed by atoms with Crippen molar-refractivity contribution in [3.8, 4) is 0 Å². The summed E-state index contributed by atoms with van der Waals surface area (Å²) in [6.45, 7) is 2.39. The zero-order valence-electron chi connectivity index (χ0n) is 8.65. The number of benzene rings is 2. The molecule has 0 saturated carbocycles. The molecule has 0 bridgehead atoms. The molecule has 0 amide bonds. The fourth-order valence-electron chi connectivity index (χ4n) is 1.67. The molecule has 0 fully saturated rings. The number of halogens is 1. The molecule has 0 nitrogen and oxygen atoms in total. The Kier molecular flexibility index (Phi) is 3.26. The lowest BCUT2D eigenvalue weighted by atomic mass is 10.4. The van der Waals surface area contributed by atoms with Gasteiger partial charge in [0.2, 0.25) is 0 Å². The molecule has 0 aromatic heterocycles. The largest absolute Gasteiger partial charge is 0.183 e. The minimum atomic E-state index is -1.49. The summed E-state index contributed by atoms with van der Waals surface area (Å²) in [5.41, 5.74) is -1.49. The first-order chi connectivity index (χ1) is 7.21. The van der Waals surface area contributed by atoms with Gasteiger partial charge in [-0.1, -0.05) is 67.2 Å². The highest BCUT2D eigenvalue weighted by atomic mass is 127. The maximum Gasteiger partial charge on any atom is 0.183 e. The summed E-state index contributed by atoms with van der Waals surface area (Å²) < 4.78 is 0. The van der Waals surface area contributed by atoms with Gasteiger partial charge in [0.1, 0.15) is 0 Å². The van der Waals surface area contributed by atoms with E-state index >= 15 is 0 Å². The van der Waals surface area contributed by atoms with Crippen molar-refractivity contribution >= 4 is 37.7 Å². The summed E-state index contributed by atoms with van der Waals surface area (Å²) in [5.74, 6) is 0. The lowest BCUT2D eigenvalue weighted by Gasteiger charge is -2.20. The van der Waals surface area contributed by atoms with Gasteiger partial charge < -0.3 is 0 Å². The van der Waals surface area contributed by atoms with Crippen LogP contribution in [0.4, 0.5) is 0 Å². The third kappa shape index (κ3) is 2.31. The second kappa shape index (κ2) is 4.49. The van der Waals surface area contributed by atoms with Crippen LogP contribution in [0.25, 0.3) is 0 Å². The Labute approximate surface area is 105 Å². The van der Waals surface area contributed by atoms with E-state index in [1.165, 1.54) is 10.4 Å². The molecule has 0 N–H and O–H groups in total. The van der Waals surface area contributed by atoms with Gasteiger partial charge >= 0.3 is 0 Å². The summed E-state index contributed by atoms with van der Waals surface area (Å²) in [6, 6.07) is 21.6. The molecule has 0 aliphatic rings. The topological polar surface area (TPSA) is 0 Å². The second-order valence-corrected chi connectivity index (χ2v) is 13.4. The van der Waals surface area contributed by atoms with Crippen LogP contribution < -0.4 is 10.4 Å². The Hall–Kier alpha value is -0.613. The van der Waals surface area contributed by atoms with Gasteiger partial charge in [-0.25, -0.2) is 0 Å². The van der Waals surface area contributed by atoms with Gasteiger partial charge in [0.15, 0.2) is 5.57 Å². The first kappa shape index (κ1) is 10.9. The summed E-state index contributed by atoms with van der Waals surface area (Å²) in [6.07, 6.45) is 0. The summed E-state index contributed by atoms with van der Waals surface area (Å²) in [7, 11) is 0. The molecule has 0 unspecified atom stereocenters. The van der Waals surface area contributed by atoms with E-state index < -0.39 is 5.57 Å². The van der Waals surface area contributed by atoms with E-state index in [1.807, 2.05) is 0 Å². The molecule has 0 atom stereocenters. The van der Waals surface area contributed by atoms with E-state index in [0.717, 1.165) is 0 Å². The number of hydrogen-bond acceptors (Lipinski definition) is 0. The normalized spacial score (nSPS) is 11.3. The van der Waals surface area contributed by atoms with Gasteiger partial charge in [-0.3, -0.25) is 0 Å². The Morgan fingerprint density at radius 1 is 0.733 bits per heavy atom. The summed E-state index contributed by atoms with van der Waals surface area (Å²) >= 11 is 2.65. The maximum atomic E-state index is 2.65. The van der Waals surface area contributed by atoms with Gasteiger partial charge in [-0.2, -0.15) is 0 Å². The summed E-state index contributed by atoms with van der Waals surface area (Å²) in [5, 5.41) is 2.97. The molecule has 0 heterocycles. The van der Waals surface area contributed by atoms with E-state index in [-0.39, 0.29) is 0 Å². The standard InChI is InChI=1S/C13H13ISi/c1-15(14,12-8-4-2-5-9-12)13-10-6-3-7-11-13/h2-11H,1H3. The first-order valence-corrected chi connectivity index (χ1v) is 10.6. The molecule has 0 spiro atoms. The fourth-order valence-corrected chi connectivity index (χ4v) is 5.80. The Morgan fingerprint density at radius 2 is 1.07 bits per heavy atom. The molecular formula is C13H13ISi. The maximum absolute atomic E-state index is 2.65. The molecule has 0 radical (unpaired) electrons. The highest BCUT2D eigenvalue weighted by Crippen LogP contribution is 2.12. The molecular weight excluding hydrogens is 311 g/mol.